The molecule has 0 aliphatic carbocycles. The molecule has 1 N–H and O–H groups in total. The lowest BCUT2D eigenvalue weighted by atomic mass is 10.2. The van der Waals surface area contributed by atoms with Gasteiger partial charge in [0.25, 0.3) is 0 Å². The third-order valence-electron chi connectivity index (χ3n) is 3.52. The van der Waals surface area contributed by atoms with Crippen LogP contribution in [0.5, 0.6) is 0 Å². The van der Waals surface area contributed by atoms with E-state index in [9.17, 15) is 9.59 Å². The van der Waals surface area contributed by atoms with E-state index in [0.717, 1.165) is 25.9 Å². The second-order valence-corrected chi connectivity index (χ2v) is 5.23. The number of rotatable bonds is 7. The number of amides is 2. The number of ether oxygens (including phenoxy) is 1. The van der Waals surface area contributed by atoms with E-state index in [1.54, 1.807) is 11.8 Å². The van der Waals surface area contributed by atoms with Crippen molar-refractivity contribution in [3.05, 3.63) is 0 Å². The molecule has 1 saturated heterocycles. The monoisotopic (exact) mass is 270 g/mol. The molecule has 5 heteroatoms. The van der Waals surface area contributed by atoms with Crippen molar-refractivity contribution in [2.75, 3.05) is 19.7 Å². The molecule has 0 spiro atoms. The summed E-state index contributed by atoms with van der Waals surface area (Å²) in [5, 5.41) is 2.91. The van der Waals surface area contributed by atoms with Crippen molar-refractivity contribution in [3.63, 3.8) is 0 Å². The summed E-state index contributed by atoms with van der Waals surface area (Å²) in [6.45, 7) is 7.41. The molecule has 2 amide bonds. The number of nitrogens with zero attached hydrogens (tertiary/aromatic N) is 1. The summed E-state index contributed by atoms with van der Waals surface area (Å²) in [6.07, 6.45) is 3.48. The Balaban J connectivity index is 2.32. The highest BCUT2D eigenvalue weighted by Gasteiger charge is 2.21. The van der Waals surface area contributed by atoms with E-state index in [2.05, 4.69) is 5.32 Å². The van der Waals surface area contributed by atoms with E-state index >= 15 is 0 Å². The summed E-state index contributed by atoms with van der Waals surface area (Å²) in [5.41, 5.74) is 0. The first-order chi connectivity index (χ1) is 9.02. The van der Waals surface area contributed by atoms with Crippen LogP contribution in [0, 0.1) is 0 Å². The lowest BCUT2D eigenvalue weighted by Gasteiger charge is -2.24. The Kier molecular flexibility index (Phi) is 6.84. The third kappa shape index (κ3) is 6.05. The Hall–Kier alpha value is -1.10. The molecule has 1 heterocycles. The Morgan fingerprint density at radius 2 is 2.21 bits per heavy atom. The van der Waals surface area contributed by atoms with E-state index in [1.165, 1.54) is 0 Å². The fourth-order valence-corrected chi connectivity index (χ4v) is 2.10. The Morgan fingerprint density at radius 3 is 2.74 bits per heavy atom. The third-order valence-corrected chi connectivity index (χ3v) is 3.52. The summed E-state index contributed by atoms with van der Waals surface area (Å²) in [6, 6.07) is 0.191. The molecule has 1 aliphatic heterocycles. The lowest BCUT2D eigenvalue weighted by molar-refractivity contribution is -0.131. The predicted octanol–water partition coefficient (Wildman–Crippen LogP) is 1.32. The predicted molar refractivity (Wildman–Crippen MR) is 73.7 cm³/mol. The topological polar surface area (TPSA) is 58.6 Å². The Bertz CT molecular complexity index is 301. The molecule has 0 aromatic rings. The maximum atomic E-state index is 11.7. The minimum absolute atomic E-state index is 0.00633. The van der Waals surface area contributed by atoms with Crippen molar-refractivity contribution in [2.24, 2.45) is 0 Å². The van der Waals surface area contributed by atoms with Gasteiger partial charge in [0.1, 0.15) is 0 Å². The van der Waals surface area contributed by atoms with Gasteiger partial charge in [-0.15, -0.1) is 0 Å². The zero-order valence-electron chi connectivity index (χ0n) is 12.3. The van der Waals surface area contributed by atoms with E-state index < -0.39 is 0 Å². The van der Waals surface area contributed by atoms with E-state index in [1.807, 2.05) is 13.8 Å². The minimum Gasteiger partial charge on any atom is -0.376 e. The molecule has 0 bridgehead atoms. The van der Waals surface area contributed by atoms with Gasteiger partial charge < -0.3 is 15.0 Å². The minimum atomic E-state index is 0.00633. The van der Waals surface area contributed by atoms with Crippen LogP contribution in [-0.4, -0.2) is 48.6 Å². The number of hydrogen-bond donors (Lipinski definition) is 1. The second-order valence-electron chi connectivity index (χ2n) is 5.23. The maximum Gasteiger partial charge on any atom is 0.221 e. The van der Waals surface area contributed by atoms with Crippen LogP contribution >= 0.6 is 0 Å². The molecule has 1 aliphatic rings. The largest absolute Gasteiger partial charge is 0.376 e. The van der Waals surface area contributed by atoms with E-state index in [4.69, 9.17) is 4.74 Å². The molecule has 1 fully saturated rings. The van der Waals surface area contributed by atoms with Gasteiger partial charge in [0.2, 0.25) is 11.8 Å². The molecule has 0 aromatic heterocycles. The molecular weight excluding hydrogens is 244 g/mol. The normalized spacial score (nSPS) is 20.1. The van der Waals surface area contributed by atoms with Crippen LogP contribution in [0.2, 0.25) is 0 Å². The van der Waals surface area contributed by atoms with Crippen molar-refractivity contribution >= 4 is 11.8 Å². The van der Waals surface area contributed by atoms with Crippen LogP contribution in [0.4, 0.5) is 0 Å². The molecule has 19 heavy (non-hydrogen) atoms. The summed E-state index contributed by atoms with van der Waals surface area (Å²) < 4.78 is 5.53. The standard InChI is InChI=1S/C14H26N2O3/c1-4-11(2)15-14(18)7-8-16(12(3)17)10-13-6-5-9-19-13/h11,13H,4-10H2,1-3H3,(H,15,18). The first kappa shape index (κ1) is 16.0. The van der Waals surface area contributed by atoms with Gasteiger partial charge in [-0.1, -0.05) is 6.92 Å². The second kappa shape index (κ2) is 8.15. The van der Waals surface area contributed by atoms with Gasteiger partial charge >= 0.3 is 0 Å². The highest BCUT2D eigenvalue weighted by molar-refractivity contribution is 5.78. The zero-order chi connectivity index (χ0) is 14.3. The Morgan fingerprint density at radius 1 is 1.47 bits per heavy atom. The first-order valence-corrected chi connectivity index (χ1v) is 7.19. The average Bonchev–Trinajstić information content (AvgIpc) is 2.86. The summed E-state index contributed by atoms with van der Waals surface area (Å²) in [4.78, 5) is 25.0. The first-order valence-electron chi connectivity index (χ1n) is 7.19. The summed E-state index contributed by atoms with van der Waals surface area (Å²) in [5.74, 6) is 0.0137. The van der Waals surface area contributed by atoms with Crippen LogP contribution in [-0.2, 0) is 14.3 Å². The van der Waals surface area contributed by atoms with Crippen molar-refractivity contribution < 1.29 is 14.3 Å². The fourth-order valence-electron chi connectivity index (χ4n) is 2.10. The SMILES string of the molecule is CCC(C)NC(=O)CCN(CC1CCCO1)C(C)=O. The smallest absolute Gasteiger partial charge is 0.221 e. The van der Waals surface area contributed by atoms with Gasteiger partial charge in [0.05, 0.1) is 6.10 Å². The summed E-state index contributed by atoms with van der Waals surface area (Å²) in [7, 11) is 0. The molecule has 110 valence electrons. The fraction of sp³-hybridized carbons (Fsp3) is 0.857. The molecular formula is C14H26N2O3. The van der Waals surface area contributed by atoms with Crippen molar-refractivity contribution in [1.82, 2.24) is 10.2 Å². The maximum absolute atomic E-state index is 11.7. The summed E-state index contributed by atoms with van der Waals surface area (Å²) >= 11 is 0. The van der Waals surface area contributed by atoms with Crippen LogP contribution in [0.3, 0.4) is 0 Å². The van der Waals surface area contributed by atoms with Gasteiger partial charge in [0, 0.05) is 39.1 Å². The van der Waals surface area contributed by atoms with Crippen molar-refractivity contribution in [1.29, 1.82) is 0 Å². The van der Waals surface area contributed by atoms with Gasteiger partial charge in [-0.05, 0) is 26.2 Å². The zero-order valence-corrected chi connectivity index (χ0v) is 12.3. The molecule has 0 aromatic carbocycles. The molecule has 0 saturated carbocycles. The molecule has 5 nitrogen and oxygen atoms in total. The van der Waals surface area contributed by atoms with Crippen LogP contribution in [0.15, 0.2) is 0 Å². The van der Waals surface area contributed by atoms with Crippen molar-refractivity contribution in [2.45, 2.75) is 58.6 Å². The quantitative estimate of drug-likeness (QED) is 0.759. The lowest BCUT2D eigenvalue weighted by Crippen LogP contribution is -2.40. The Labute approximate surface area is 115 Å². The van der Waals surface area contributed by atoms with Gasteiger partial charge in [-0.25, -0.2) is 0 Å². The molecule has 0 radical (unpaired) electrons. The van der Waals surface area contributed by atoms with Gasteiger partial charge in [-0.2, -0.15) is 0 Å². The number of carbonyl (C=O) groups excluding carboxylic acids is 2. The van der Waals surface area contributed by atoms with E-state index in [0.29, 0.717) is 19.5 Å². The molecule has 2 unspecified atom stereocenters. The number of carbonyl (C=O) groups is 2. The number of nitrogens with one attached hydrogen (secondary N) is 1. The average molecular weight is 270 g/mol. The van der Waals surface area contributed by atoms with Gasteiger partial charge in [0.15, 0.2) is 0 Å². The number of hydrogen-bond acceptors (Lipinski definition) is 3. The highest BCUT2D eigenvalue weighted by Crippen LogP contribution is 2.13. The molecule has 1 rings (SSSR count). The van der Waals surface area contributed by atoms with E-state index in [-0.39, 0.29) is 24.0 Å². The van der Waals surface area contributed by atoms with Gasteiger partial charge in [-0.3, -0.25) is 9.59 Å². The van der Waals surface area contributed by atoms with Crippen LogP contribution in [0.1, 0.15) is 46.5 Å². The highest BCUT2D eigenvalue weighted by atomic mass is 16.5. The van der Waals surface area contributed by atoms with Crippen LogP contribution < -0.4 is 5.32 Å². The van der Waals surface area contributed by atoms with Crippen molar-refractivity contribution in [3.8, 4) is 0 Å². The molecule has 2 atom stereocenters. The van der Waals surface area contributed by atoms with Crippen LogP contribution in [0.25, 0.3) is 0 Å².